The van der Waals surface area contributed by atoms with E-state index in [9.17, 15) is 4.79 Å². The average Bonchev–Trinajstić information content (AvgIpc) is 3.31. The molecule has 1 unspecified atom stereocenters. The number of aromatic nitrogens is 1. The molecule has 1 aliphatic heterocycles. The van der Waals surface area contributed by atoms with E-state index in [1.807, 2.05) is 25.1 Å². The summed E-state index contributed by atoms with van der Waals surface area (Å²) in [7, 11) is 0. The lowest BCUT2D eigenvalue weighted by molar-refractivity contribution is -0.117. The van der Waals surface area contributed by atoms with E-state index in [2.05, 4.69) is 10.3 Å². The Bertz CT molecular complexity index is 800. The van der Waals surface area contributed by atoms with Gasteiger partial charge in [0.05, 0.1) is 18.8 Å². The first kappa shape index (κ1) is 15.9. The maximum absolute atomic E-state index is 11.8. The summed E-state index contributed by atoms with van der Waals surface area (Å²) in [6, 6.07) is 8.85. The molecule has 2 heterocycles. The first-order valence-electron chi connectivity index (χ1n) is 8.58. The molecular weight excluding hydrogens is 318 g/mol. The van der Waals surface area contributed by atoms with Crippen LogP contribution in [0, 0.1) is 0 Å². The molecule has 1 aromatic carbocycles. The van der Waals surface area contributed by atoms with Crippen molar-refractivity contribution < 1.29 is 14.3 Å². The van der Waals surface area contributed by atoms with Crippen LogP contribution in [0.5, 0.6) is 17.2 Å². The third kappa shape index (κ3) is 2.93. The summed E-state index contributed by atoms with van der Waals surface area (Å²) in [4.78, 5) is 16.0. The van der Waals surface area contributed by atoms with E-state index in [0.717, 1.165) is 30.9 Å². The highest BCUT2D eigenvalue weighted by Crippen LogP contribution is 2.58. The maximum atomic E-state index is 11.8. The normalized spacial score (nSPS) is 17.5. The largest absolute Gasteiger partial charge is 0.492 e. The molecule has 130 valence electrons. The van der Waals surface area contributed by atoms with Gasteiger partial charge in [-0.2, -0.15) is 0 Å². The van der Waals surface area contributed by atoms with Gasteiger partial charge in [-0.05, 0) is 43.5 Å². The first-order valence-corrected chi connectivity index (χ1v) is 8.58. The zero-order valence-corrected chi connectivity index (χ0v) is 14.1. The zero-order chi connectivity index (χ0) is 17.4. The molecule has 0 bridgehead atoms. The summed E-state index contributed by atoms with van der Waals surface area (Å²) in [5.74, 6) is 2.58. The number of amides is 1. The number of hydrogen-bond donors (Lipinski definition) is 2. The average molecular weight is 339 g/mol. The van der Waals surface area contributed by atoms with Crippen LogP contribution in [-0.2, 0) is 10.2 Å². The number of anilines is 1. The SMILES string of the molecule is CCC(N)C(=O)Nc1ccc(Oc2cccc3c2C2(CC2)CO3)cn1. The molecule has 6 heteroatoms. The van der Waals surface area contributed by atoms with Gasteiger partial charge < -0.3 is 20.5 Å². The number of nitrogens with zero attached hydrogens (tertiary/aromatic N) is 1. The number of carbonyl (C=O) groups excluding carboxylic acids is 1. The highest BCUT2D eigenvalue weighted by molar-refractivity contribution is 5.93. The molecule has 1 aromatic heterocycles. The Morgan fingerprint density at radius 1 is 1.40 bits per heavy atom. The Labute approximate surface area is 146 Å². The molecule has 1 amide bonds. The number of carbonyl (C=O) groups is 1. The molecule has 1 saturated carbocycles. The summed E-state index contributed by atoms with van der Waals surface area (Å²) in [5.41, 5.74) is 7.01. The predicted octanol–water partition coefficient (Wildman–Crippen LogP) is 2.97. The second kappa shape index (κ2) is 6.04. The van der Waals surface area contributed by atoms with Crippen molar-refractivity contribution >= 4 is 11.7 Å². The number of nitrogens with one attached hydrogen (secondary N) is 1. The van der Waals surface area contributed by atoms with E-state index in [1.54, 1.807) is 18.3 Å². The number of fused-ring (bicyclic) bond motifs is 2. The zero-order valence-electron chi connectivity index (χ0n) is 14.1. The van der Waals surface area contributed by atoms with Crippen molar-refractivity contribution in [1.29, 1.82) is 0 Å². The minimum Gasteiger partial charge on any atom is -0.492 e. The van der Waals surface area contributed by atoms with Crippen molar-refractivity contribution in [3.63, 3.8) is 0 Å². The number of hydrogen-bond acceptors (Lipinski definition) is 5. The van der Waals surface area contributed by atoms with Crippen LogP contribution in [-0.4, -0.2) is 23.5 Å². The number of rotatable bonds is 5. The predicted molar refractivity (Wildman–Crippen MR) is 94.1 cm³/mol. The Morgan fingerprint density at radius 3 is 2.92 bits per heavy atom. The molecule has 0 saturated heterocycles. The van der Waals surface area contributed by atoms with Gasteiger partial charge in [0, 0.05) is 11.0 Å². The fraction of sp³-hybridized carbons (Fsp3) is 0.368. The van der Waals surface area contributed by atoms with E-state index >= 15 is 0 Å². The molecule has 1 aliphatic carbocycles. The Morgan fingerprint density at radius 2 is 2.24 bits per heavy atom. The van der Waals surface area contributed by atoms with Crippen LogP contribution in [0.15, 0.2) is 36.5 Å². The van der Waals surface area contributed by atoms with Gasteiger partial charge in [0.15, 0.2) is 0 Å². The molecular formula is C19H21N3O3. The lowest BCUT2D eigenvalue weighted by Crippen LogP contribution is -2.35. The Hall–Kier alpha value is -2.60. The van der Waals surface area contributed by atoms with Crippen LogP contribution < -0.4 is 20.5 Å². The third-order valence-electron chi connectivity index (χ3n) is 4.87. The van der Waals surface area contributed by atoms with Crippen molar-refractivity contribution in [2.24, 2.45) is 5.73 Å². The summed E-state index contributed by atoms with van der Waals surface area (Å²) >= 11 is 0. The van der Waals surface area contributed by atoms with E-state index in [1.165, 1.54) is 5.56 Å². The van der Waals surface area contributed by atoms with Crippen LogP contribution in [0.3, 0.4) is 0 Å². The lowest BCUT2D eigenvalue weighted by atomic mass is 9.97. The number of benzene rings is 1. The molecule has 4 rings (SSSR count). The van der Waals surface area contributed by atoms with Gasteiger partial charge in [0.2, 0.25) is 5.91 Å². The van der Waals surface area contributed by atoms with Crippen LogP contribution in [0.1, 0.15) is 31.7 Å². The molecule has 1 atom stereocenters. The number of ether oxygens (including phenoxy) is 2. The molecule has 1 fully saturated rings. The summed E-state index contributed by atoms with van der Waals surface area (Å²) in [6.07, 6.45) is 4.46. The highest BCUT2D eigenvalue weighted by atomic mass is 16.5. The molecule has 25 heavy (non-hydrogen) atoms. The molecule has 2 aliphatic rings. The fourth-order valence-electron chi connectivity index (χ4n) is 3.12. The first-order chi connectivity index (χ1) is 12.1. The third-order valence-corrected chi connectivity index (χ3v) is 4.87. The van der Waals surface area contributed by atoms with Gasteiger partial charge in [-0.25, -0.2) is 4.98 Å². The van der Waals surface area contributed by atoms with Gasteiger partial charge in [-0.3, -0.25) is 4.79 Å². The summed E-state index contributed by atoms with van der Waals surface area (Å²) in [6.45, 7) is 2.60. The van der Waals surface area contributed by atoms with Crippen LogP contribution in [0.4, 0.5) is 5.82 Å². The molecule has 1 spiro atoms. The van der Waals surface area contributed by atoms with Gasteiger partial charge in [-0.1, -0.05) is 13.0 Å². The standard InChI is InChI=1S/C19H21N3O3/c1-2-13(20)18(23)22-16-7-6-12(10-21-16)25-15-5-3-4-14-17(15)19(8-9-19)11-24-14/h3-7,10,13H,2,8-9,11,20H2,1H3,(H,21,22,23). The van der Waals surface area contributed by atoms with E-state index in [0.29, 0.717) is 18.0 Å². The van der Waals surface area contributed by atoms with Crippen molar-refractivity contribution in [3.8, 4) is 17.2 Å². The van der Waals surface area contributed by atoms with Crippen molar-refractivity contribution in [2.45, 2.75) is 37.6 Å². The molecule has 6 nitrogen and oxygen atoms in total. The van der Waals surface area contributed by atoms with Gasteiger partial charge in [-0.15, -0.1) is 0 Å². The van der Waals surface area contributed by atoms with E-state index in [-0.39, 0.29) is 11.3 Å². The monoisotopic (exact) mass is 339 g/mol. The second-order valence-electron chi connectivity index (χ2n) is 6.68. The van der Waals surface area contributed by atoms with Gasteiger partial charge in [0.25, 0.3) is 0 Å². The highest BCUT2D eigenvalue weighted by Gasteiger charge is 2.52. The summed E-state index contributed by atoms with van der Waals surface area (Å²) in [5, 5.41) is 2.70. The van der Waals surface area contributed by atoms with Crippen LogP contribution in [0.2, 0.25) is 0 Å². The topological polar surface area (TPSA) is 86.5 Å². The molecule has 0 radical (unpaired) electrons. The molecule has 3 N–H and O–H groups in total. The van der Waals surface area contributed by atoms with Crippen molar-refractivity contribution in [1.82, 2.24) is 4.98 Å². The maximum Gasteiger partial charge on any atom is 0.242 e. The number of pyridine rings is 1. The minimum absolute atomic E-state index is 0.142. The lowest BCUT2D eigenvalue weighted by Gasteiger charge is -2.13. The second-order valence-corrected chi connectivity index (χ2v) is 6.68. The van der Waals surface area contributed by atoms with Crippen molar-refractivity contribution in [2.75, 3.05) is 11.9 Å². The van der Waals surface area contributed by atoms with Gasteiger partial charge >= 0.3 is 0 Å². The summed E-state index contributed by atoms with van der Waals surface area (Å²) < 4.78 is 11.8. The molecule has 2 aromatic rings. The Balaban J connectivity index is 1.50. The van der Waals surface area contributed by atoms with Crippen molar-refractivity contribution in [3.05, 3.63) is 42.1 Å². The van der Waals surface area contributed by atoms with E-state index in [4.69, 9.17) is 15.2 Å². The van der Waals surface area contributed by atoms with Crippen LogP contribution >= 0.6 is 0 Å². The van der Waals surface area contributed by atoms with Gasteiger partial charge in [0.1, 0.15) is 23.1 Å². The van der Waals surface area contributed by atoms with E-state index < -0.39 is 6.04 Å². The smallest absolute Gasteiger partial charge is 0.242 e. The fourth-order valence-corrected chi connectivity index (χ4v) is 3.12. The number of nitrogens with two attached hydrogens (primary N) is 1. The Kier molecular flexibility index (Phi) is 3.84. The van der Waals surface area contributed by atoms with Crippen LogP contribution in [0.25, 0.3) is 0 Å². The quantitative estimate of drug-likeness (QED) is 0.874. The minimum atomic E-state index is -0.528.